The van der Waals surface area contributed by atoms with Crippen LogP contribution in [-0.4, -0.2) is 22.7 Å². The van der Waals surface area contributed by atoms with Crippen LogP contribution in [0.25, 0.3) is 0 Å². The van der Waals surface area contributed by atoms with Gasteiger partial charge in [0.2, 0.25) is 0 Å². The maximum absolute atomic E-state index is 5.73. The number of nitrogens with zero attached hydrogens (tertiary/aromatic N) is 1. The fourth-order valence-corrected chi connectivity index (χ4v) is 5.07. The number of thiocarbonyl (C=S) groups is 1. The van der Waals surface area contributed by atoms with Crippen molar-refractivity contribution in [3.63, 3.8) is 0 Å². The van der Waals surface area contributed by atoms with Gasteiger partial charge in [-0.1, -0.05) is 109 Å². The summed E-state index contributed by atoms with van der Waals surface area (Å²) in [6.07, 6.45) is 0.115. The summed E-state index contributed by atoms with van der Waals surface area (Å²) in [6.45, 7) is 3.55. The molecule has 4 aromatic carbocycles. The summed E-state index contributed by atoms with van der Waals surface area (Å²) < 4.78 is 5.73. The number of anilines is 1. The fraction of sp³-hybridized carbons (Fsp3) is 0.167. The van der Waals surface area contributed by atoms with Gasteiger partial charge in [0.1, 0.15) is 11.6 Å². The van der Waals surface area contributed by atoms with Crippen LogP contribution in [0.5, 0.6) is 0 Å². The number of rotatable bonds is 7. The monoisotopic (exact) mass is 464 g/mol. The van der Waals surface area contributed by atoms with Crippen molar-refractivity contribution < 1.29 is 4.74 Å². The van der Waals surface area contributed by atoms with E-state index in [1.54, 1.807) is 0 Å². The van der Waals surface area contributed by atoms with Crippen LogP contribution in [0.3, 0.4) is 0 Å². The molecule has 1 atom stereocenters. The predicted molar refractivity (Wildman–Crippen MR) is 143 cm³/mol. The molecule has 0 aliphatic carbocycles. The first-order chi connectivity index (χ1) is 16.7. The molecule has 5 rings (SSSR count). The Hall–Kier alpha value is -3.63. The molecule has 0 radical (unpaired) electrons. The lowest BCUT2D eigenvalue weighted by molar-refractivity contribution is 0.256. The predicted octanol–water partition coefficient (Wildman–Crippen LogP) is 6.60. The molecule has 34 heavy (non-hydrogen) atoms. The van der Waals surface area contributed by atoms with E-state index < -0.39 is 5.54 Å². The highest BCUT2D eigenvalue weighted by Crippen LogP contribution is 2.40. The van der Waals surface area contributed by atoms with Crippen LogP contribution in [0.4, 0.5) is 5.69 Å². The van der Waals surface area contributed by atoms with Gasteiger partial charge in [0.05, 0.1) is 6.54 Å². The van der Waals surface area contributed by atoms with Crippen molar-refractivity contribution in [1.82, 2.24) is 4.90 Å². The minimum atomic E-state index is -0.574. The zero-order chi connectivity index (χ0) is 23.4. The minimum absolute atomic E-state index is 0.115. The van der Waals surface area contributed by atoms with Gasteiger partial charge in [0.15, 0.2) is 0 Å². The Morgan fingerprint density at radius 3 is 1.71 bits per heavy atom. The second-order valence-corrected chi connectivity index (χ2v) is 9.05. The Balaban J connectivity index is 1.66. The van der Waals surface area contributed by atoms with Crippen LogP contribution in [-0.2, 0) is 16.8 Å². The first kappa shape index (κ1) is 22.2. The first-order valence-corrected chi connectivity index (χ1v) is 12.1. The smallest absolute Gasteiger partial charge is 0.260 e. The van der Waals surface area contributed by atoms with Gasteiger partial charge in [-0.15, -0.1) is 0 Å². The summed E-state index contributed by atoms with van der Waals surface area (Å²) >= 11 is 5.48. The Bertz CT molecular complexity index is 1150. The quantitative estimate of drug-likeness (QED) is 0.246. The molecule has 0 bridgehead atoms. The molecule has 1 heterocycles. The Kier molecular flexibility index (Phi) is 6.33. The van der Waals surface area contributed by atoms with Crippen LogP contribution < -0.4 is 5.32 Å². The molecule has 0 amide bonds. The van der Waals surface area contributed by atoms with Gasteiger partial charge in [-0.25, -0.2) is 0 Å². The molecule has 1 unspecified atom stereocenters. The number of benzene rings is 4. The van der Waals surface area contributed by atoms with Gasteiger partial charge in [-0.05, 0) is 47.5 Å². The van der Waals surface area contributed by atoms with Gasteiger partial charge in [0, 0.05) is 12.2 Å². The SMILES string of the molecule is CC1CN(Cc2ccccc2NC(c2ccccc2)(c2ccccc2)c2ccccc2)C(=S)O1. The Labute approximate surface area is 207 Å². The van der Waals surface area contributed by atoms with Crippen LogP contribution in [0.1, 0.15) is 29.2 Å². The summed E-state index contributed by atoms with van der Waals surface area (Å²) in [7, 11) is 0. The van der Waals surface area contributed by atoms with E-state index in [1.165, 1.54) is 22.3 Å². The van der Waals surface area contributed by atoms with Crippen LogP contribution >= 0.6 is 12.2 Å². The van der Waals surface area contributed by atoms with E-state index in [4.69, 9.17) is 17.0 Å². The van der Waals surface area contributed by atoms with Crippen molar-refractivity contribution in [1.29, 1.82) is 0 Å². The van der Waals surface area contributed by atoms with Gasteiger partial charge in [0.25, 0.3) is 5.17 Å². The second-order valence-electron chi connectivity index (χ2n) is 8.71. The molecule has 1 aliphatic rings. The fourth-order valence-electron chi connectivity index (χ4n) is 4.77. The van der Waals surface area contributed by atoms with Crippen molar-refractivity contribution in [3.8, 4) is 0 Å². The zero-order valence-electron chi connectivity index (χ0n) is 19.2. The molecule has 0 saturated carbocycles. The summed E-state index contributed by atoms with van der Waals surface area (Å²) in [4.78, 5) is 2.13. The summed E-state index contributed by atoms with van der Waals surface area (Å²) in [5.41, 5.74) is 5.20. The Morgan fingerprint density at radius 2 is 1.24 bits per heavy atom. The van der Waals surface area contributed by atoms with Crippen molar-refractivity contribution >= 4 is 23.1 Å². The van der Waals surface area contributed by atoms with E-state index in [-0.39, 0.29) is 6.10 Å². The maximum atomic E-state index is 5.73. The number of hydrogen-bond donors (Lipinski definition) is 1. The number of nitrogens with one attached hydrogen (secondary N) is 1. The van der Waals surface area contributed by atoms with E-state index in [9.17, 15) is 0 Å². The number of para-hydroxylation sites is 1. The lowest BCUT2D eigenvalue weighted by atomic mass is 9.76. The molecule has 170 valence electrons. The van der Waals surface area contributed by atoms with Gasteiger partial charge in [-0.3, -0.25) is 0 Å². The summed E-state index contributed by atoms with van der Waals surface area (Å²) in [6, 6.07) is 40.5. The average Bonchev–Trinajstić information content (AvgIpc) is 3.21. The van der Waals surface area contributed by atoms with Crippen LogP contribution in [0.2, 0.25) is 0 Å². The van der Waals surface area contributed by atoms with E-state index in [0.29, 0.717) is 11.7 Å². The molecule has 1 saturated heterocycles. The molecule has 3 nitrogen and oxygen atoms in total. The number of hydrogen-bond acceptors (Lipinski definition) is 3. The molecule has 4 heteroatoms. The lowest BCUT2D eigenvalue weighted by Gasteiger charge is -2.38. The maximum Gasteiger partial charge on any atom is 0.260 e. The molecule has 1 fully saturated rings. The normalized spacial score (nSPS) is 15.7. The third-order valence-electron chi connectivity index (χ3n) is 6.36. The van der Waals surface area contributed by atoms with E-state index in [0.717, 1.165) is 12.2 Å². The summed E-state index contributed by atoms with van der Waals surface area (Å²) in [5.74, 6) is 0. The van der Waals surface area contributed by atoms with Crippen molar-refractivity contribution in [2.24, 2.45) is 0 Å². The topological polar surface area (TPSA) is 24.5 Å². The first-order valence-electron chi connectivity index (χ1n) is 11.6. The van der Waals surface area contributed by atoms with Gasteiger partial charge < -0.3 is 15.0 Å². The second kappa shape index (κ2) is 9.70. The van der Waals surface area contributed by atoms with E-state index in [1.807, 2.05) is 0 Å². The summed E-state index contributed by atoms with van der Waals surface area (Å²) in [5, 5.41) is 4.57. The molecule has 1 N–H and O–H groups in total. The van der Waals surface area contributed by atoms with Crippen molar-refractivity contribution in [2.45, 2.75) is 25.1 Å². The Morgan fingerprint density at radius 1 is 0.765 bits per heavy atom. The van der Waals surface area contributed by atoms with Crippen molar-refractivity contribution in [3.05, 3.63) is 138 Å². The largest absolute Gasteiger partial charge is 0.466 e. The van der Waals surface area contributed by atoms with Crippen LogP contribution in [0, 0.1) is 0 Å². The molecule has 4 aromatic rings. The molecule has 0 aromatic heterocycles. The van der Waals surface area contributed by atoms with Crippen LogP contribution in [0.15, 0.2) is 115 Å². The molecule has 0 spiro atoms. The number of ether oxygens (including phenoxy) is 1. The van der Waals surface area contributed by atoms with E-state index >= 15 is 0 Å². The third-order valence-corrected chi connectivity index (χ3v) is 6.71. The third kappa shape index (κ3) is 4.29. The lowest BCUT2D eigenvalue weighted by Crippen LogP contribution is -2.38. The molecule has 1 aliphatic heterocycles. The van der Waals surface area contributed by atoms with Crippen molar-refractivity contribution in [2.75, 3.05) is 11.9 Å². The standard InChI is InChI=1S/C30H28N2OS/c1-23-21-32(29(34)33-23)22-24-13-11-12-20-28(24)31-30(25-14-5-2-6-15-25,26-16-7-3-8-17-26)27-18-9-4-10-19-27/h2-20,23,31H,21-22H2,1H3. The highest BCUT2D eigenvalue weighted by atomic mass is 32.1. The molecular weight excluding hydrogens is 436 g/mol. The minimum Gasteiger partial charge on any atom is -0.466 e. The highest BCUT2D eigenvalue weighted by Gasteiger charge is 2.37. The van der Waals surface area contributed by atoms with E-state index in [2.05, 4.69) is 132 Å². The molecular formula is C30H28N2OS. The highest BCUT2D eigenvalue weighted by molar-refractivity contribution is 7.80. The van der Waals surface area contributed by atoms with Gasteiger partial charge in [-0.2, -0.15) is 0 Å². The van der Waals surface area contributed by atoms with Gasteiger partial charge >= 0.3 is 0 Å². The zero-order valence-corrected chi connectivity index (χ0v) is 20.0. The average molecular weight is 465 g/mol.